The van der Waals surface area contributed by atoms with E-state index in [1.165, 1.54) is 43.2 Å². The summed E-state index contributed by atoms with van der Waals surface area (Å²) in [5, 5.41) is 9.45. The molecule has 2 unspecified atom stereocenters. The quantitative estimate of drug-likeness (QED) is 0.662. The number of hydrogen-bond donors (Lipinski definition) is 1. The Balaban J connectivity index is 2.06. The fraction of sp³-hybridized carbons (Fsp3) is 0.538. The van der Waals surface area contributed by atoms with Gasteiger partial charge < -0.3 is 5.11 Å². The van der Waals surface area contributed by atoms with Crippen LogP contribution in [0.25, 0.3) is 0 Å². The van der Waals surface area contributed by atoms with Gasteiger partial charge in [0.05, 0.1) is 0 Å². The molecule has 74 valence electrons. The monoisotopic (exact) mass is 188 g/mol. The molecule has 1 fully saturated rings. The molecule has 1 nitrogen and oxygen atoms in total. The molecule has 0 aromatic heterocycles. The maximum atomic E-state index is 9.45. The van der Waals surface area contributed by atoms with Crippen molar-refractivity contribution in [2.75, 3.05) is 0 Å². The van der Waals surface area contributed by atoms with E-state index >= 15 is 0 Å². The third kappa shape index (κ3) is 1.23. The lowest BCUT2D eigenvalue weighted by atomic mass is 9.69. The van der Waals surface area contributed by atoms with E-state index in [1.54, 1.807) is 0 Å². The van der Waals surface area contributed by atoms with Crippen LogP contribution >= 0.6 is 0 Å². The summed E-state index contributed by atoms with van der Waals surface area (Å²) < 4.78 is 0. The van der Waals surface area contributed by atoms with Gasteiger partial charge in [0.2, 0.25) is 0 Å². The lowest BCUT2D eigenvalue weighted by Crippen LogP contribution is -2.22. The van der Waals surface area contributed by atoms with Crippen molar-refractivity contribution in [1.29, 1.82) is 0 Å². The van der Waals surface area contributed by atoms with Gasteiger partial charge in [-0.1, -0.05) is 18.9 Å². The predicted molar refractivity (Wildman–Crippen MR) is 56.5 cm³/mol. The molecule has 0 spiro atoms. The minimum Gasteiger partial charge on any atom is -0.508 e. The summed E-state index contributed by atoms with van der Waals surface area (Å²) in [5.41, 5.74) is 2.92. The van der Waals surface area contributed by atoms with Crippen molar-refractivity contribution in [2.24, 2.45) is 5.92 Å². The lowest BCUT2D eigenvalue weighted by Gasteiger charge is -2.36. The Labute approximate surface area is 84.8 Å². The number of phenols is 1. The normalized spacial score (nSPS) is 29.7. The minimum absolute atomic E-state index is 0.434. The summed E-state index contributed by atoms with van der Waals surface area (Å²) in [6, 6.07) is 5.95. The number of fused-ring (bicyclic) bond motifs is 4. The highest BCUT2D eigenvalue weighted by atomic mass is 16.3. The smallest absolute Gasteiger partial charge is 0.115 e. The van der Waals surface area contributed by atoms with E-state index in [9.17, 15) is 5.11 Å². The Morgan fingerprint density at radius 2 is 2.14 bits per heavy atom. The van der Waals surface area contributed by atoms with Gasteiger partial charge in [0, 0.05) is 0 Å². The van der Waals surface area contributed by atoms with Crippen molar-refractivity contribution < 1.29 is 5.11 Å². The van der Waals surface area contributed by atoms with Crippen molar-refractivity contribution in [3.63, 3.8) is 0 Å². The van der Waals surface area contributed by atoms with Crippen LogP contribution in [0.2, 0.25) is 0 Å². The topological polar surface area (TPSA) is 20.2 Å². The molecule has 1 N–H and O–H groups in total. The first-order valence-corrected chi connectivity index (χ1v) is 5.65. The summed E-state index contributed by atoms with van der Waals surface area (Å²) in [7, 11) is 0. The van der Waals surface area contributed by atoms with Crippen LogP contribution in [0.3, 0.4) is 0 Å². The van der Waals surface area contributed by atoms with Crippen molar-refractivity contribution >= 4 is 0 Å². The Morgan fingerprint density at radius 3 is 3.07 bits per heavy atom. The van der Waals surface area contributed by atoms with Crippen LogP contribution in [-0.2, 0) is 6.42 Å². The van der Waals surface area contributed by atoms with Crippen LogP contribution in [0.5, 0.6) is 5.75 Å². The summed E-state index contributed by atoms with van der Waals surface area (Å²) >= 11 is 0. The predicted octanol–water partition coefficient (Wildman–Crippen LogP) is 3.22. The van der Waals surface area contributed by atoms with Crippen molar-refractivity contribution in [3.05, 3.63) is 29.3 Å². The fourth-order valence-corrected chi connectivity index (χ4v) is 3.24. The van der Waals surface area contributed by atoms with Gasteiger partial charge in [0.25, 0.3) is 0 Å². The van der Waals surface area contributed by atoms with Gasteiger partial charge in [0.1, 0.15) is 5.75 Å². The number of aromatic hydroxyl groups is 1. The average molecular weight is 188 g/mol. The minimum atomic E-state index is 0.434. The second-order valence-corrected chi connectivity index (χ2v) is 4.82. The van der Waals surface area contributed by atoms with E-state index in [4.69, 9.17) is 0 Å². The highest BCUT2D eigenvalue weighted by Crippen LogP contribution is 2.44. The number of benzene rings is 1. The molecule has 1 aromatic rings. The molecular weight excluding hydrogens is 172 g/mol. The first-order chi connectivity index (χ1) is 6.83. The molecule has 0 heterocycles. The molecule has 0 aliphatic heterocycles. The summed E-state index contributed by atoms with van der Waals surface area (Å²) in [5.74, 6) is 2.12. The third-order valence-corrected chi connectivity index (χ3v) is 3.86. The molecular formula is C13H16O. The van der Waals surface area contributed by atoms with Crippen molar-refractivity contribution in [3.8, 4) is 5.75 Å². The average Bonchev–Trinajstić information content (AvgIpc) is 2.17. The standard InChI is InChI=1S/C13H16O/c14-12-4-5-13-10-3-1-2-9(6-10)7-11(13)8-12/h4-5,8-10,14H,1-3,6-7H2. The van der Waals surface area contributed by atoms with Gasteiger partial charge >= 0.3 is 0 Å². The Kier molecular flexibility index (Phi) is 1.79. The number of hydrogen-bond acceptors (Lipinski definition) is 1. The maximum Gasteiger partial charge on any atom is 0.115 e. The summed E-state index contributed by atoms with van der Waals surface area (Å²) in [6.07, 6.45) is 6.73. The third-order valence-electron chi connectivity index (χ3n) is 3.86. The van der Waals surface area contributed by atoms with Crippen LogP contribution in [0, 0.1) is 5.92 Å². The molecule has 2 bridgehead atoms. The second-order valence-electron chi connectivity index (χ2n) is 4.82. The first kappa shape index (κ1) is 8.34. The van der Waals surface area contributed by atoms with Crippen LogP contribution in [0.15, 0.2) is 18.2 Å². The molecule has 2 atom stereocenters. The Morgan fingerprint density at radius 1 is 1.21 bits per heavy atom. The molecule has 14 heavy (non-hydrogen) atoms. The van der Waals surface area contributed by atoms with Gasteiger partial charge in [-0.2, -0.15) is 0 Å². The van der Waals surface area contributed by atoms with Gasteiger partial charge in [-0.3, -0.25) is 0 Å². The van der Waals surface area contributed by atoms with E-state index in [0.717, 1.165) is 11.8 Å². The van der Waals surface area contributed by atoms with Gasteiger partial charge in [-0.25, -0.2) is 0 Å². The SMILES string of the molecule is Oc1ccc2c(c1)CC1CCCC2C1. The van der Waals surface area contributed by atoms with Gasteiger partial charge in [-0.05, 0) is 54.4 Å². The molecule has 2 aliphatic carbocycles. The second kappa shape index (κ2) is 3.01. The summed E-state index contributed by atoms with van der Waals surface area (Å²) in [4.78, 5) is 0. The molecule has 3 rings (SSSR count). The zero-order valence-electron chi connectivity index (χ0n) is 8.37. The van der Waals surface area contributed by atoms with E-state index in [2.05, 4.69) is 6.07 Å². The van der Waals surface area contributed by atoms with Crippen LogP contribution in [0.1, 0.15) is 42.7 Å². The zero-order chi connectivity index (χ0) is 9.54. The maximum absolute atomic E-state index is 9.45. The van der Waals surface area contributed by atoms with E-state index in [-0.39, 0.29) is 0 Å². The largest absolute Gasteiger partial charge is 0.508 e. The molecule has 0 saturated heterocycles. The molecule has 2 aliphatic rings. The van der Waals surface area contributed by atoms with E-state index in [0.29, 0.717) is 5.75 Å². The van der Waals surface area contributed by atoms with E-state index in [1.807, 2.05) is 12.1 Å². The molecule has 1 aromatic carbocycles. The fourth-order valence-electron chi connectivity index (χ4n) is 3.24. The molecule has 1 saturated carbocycles. The van der Waals surface area contributed by atoms with Gasteiger partial charge in [0.15, 0.2) is 0 Å². The summed E-state index contributed by atoms with van der Waals surface area (Å²) in [6.45, 7) is 0. The highest BCUT2D eigenvalue weighted by molar-refractivity contribution is 5.39. The molecule has 0 amide bonds. The Bertz CT molecular complexity index is 356. The van der Waals surface area contributed by atoms with Crippen LogP contribution in [0.4, 0.5) is 0 Å². The molecule has 0 radical (unpaired) electrons. The lowest BCUT2D eigenvalue weighted by molar-refractivity contribution is 0.298. The highest BCUT2D eigenvalue weighted by Gasteiger charge is 2.30. The number of phenolic OH excluding ortho intramolecular Hbond substituents is 1. The molecule has 1 heteroatoms. The van der Waals surface area contributed by atoms with Crippen LogP contribution in [-0.4, -0.2) is 5.11 Å². The van der Waals surface area contributed by atoms with Crippen molar-refractivity contribution in [1.82, 2.24) is 0 Å². The zero-order valence-corrected chi connectivity index (χ0v) is 8.37. The van der Waals surface area contributed by atoms with E-state index < -0.39 is 0 Å². The van der Waals surface area contributed by atoms with Crippen molar-refractivity contribution in [2.45, 2.75) is 38.0 Å². The van der Waals surface area contributed by atoms with Crippen LogP contribution < -0.4 is 0 Å². The number of rotatable bonds is 0. The first-order valence-electron chi connectivity index (χ1n) is 5.65. The van der Waals surface area contributed by atoms with Gasteiger partial charge in [-0.15, -0.1) is 0 Å². The Hall–Kier alpha value is -0.980.